The van der Waals surface area contributed by atoms with Gasteiger partial charge in [0.15, 0.2) is 0 Å². The summed E-state index contributed by atoms with van der Waals surface area (Å²) in [7, 11) is 0. The Labute approximate surface area is 120 Å². The van der Waals surface area contributed by atoms with Gasteiger partial charge in [0.2, 0.25) is 0 Å². The first-order valence-electron chi connectivity index (χ1n) is 6.96. The van der Waals surface area contributed by atoms with E-state index in [2.05, 4.69) is 34.3 Å². The van der Waals surface area contributed by atoms with Crippen LogP contribution >= 0.6 is 0 Å². The van der Waals surface area contributed by atoms with E-state index in [0.717, 1.165) is 18.0 Å². The molecule has 2 rings (SSSR count). The van der Waals surface area contributed by atoms with Gasteiger partial charge in [-0.3, -0.25) is 0 Å². The van der Waals surface area contributed by atoms with Crippen molar-refractivity contribution in [3.63, 3.8) is 0 Å². The Morgan fingerprint density at radius 1 is 1.15 bits per heavy atom. The van der Waals surface area contributed by atoms with Crippen LogP contribution < -0.4 is 10.1 Å². The molecule has 1 aromatic heterocycles. The van der Waals surface area contributed by atoms with E-state index in [-0.39, 0.29) is 12.1 Å². The van der Waals surface area contributed by atoms with E-state index in [0.29, 0.717) is 0 Å². The normalized spacial score (nSPS) is 12.4. The minimum absolute atomic E-state index is 0.0797. The van der Waals surface area contributed by atoms with Crippen molar-refractivity contribution in [2.45, 2.75) is 32.9 Å². The van der Waals surface area contributed by atoms with E-state index in [4.69, 9.17) is 4.74 Å². The molecule has 0 spiro atoms. The third-order valence-electron chi connectivity index (χ3n) is 2.89. The minimum Gasteiger partial charge on any atom is -0.491 e. The van der Waals surface area contributed by atoms with Gasteiger partial charge in [0.25, 0.3) is 0 Å². The topological polar surface area (TPSA) is 47.0 Å². The molecule has 0 bridgehead atoms. The van der Waals surface area contributed by atoms with E-state index in [1.54, 1.807) is 12.5 Å². The number of rotatable bonds is 6. The number of nitrogens with zero attached hydrogens (tertiary/aromatic N) is 2. The zero-order valence-electron chi connectivity index (χ0n) is 12.2. The van der Waals surface area contributed by atoms with Crippen molar-refractivity contribution < 1.29 is 4.74 Å². The molecule has 20 heavy (non-hydrogen) atoms. The van der Waals surface area contributed by atoms with Gasteiger partial charge >= 0.3 is 0 Å². The lowest BCUT2D eigenvalue weighted by atomic mass is 10.0. The largest absolute Gasteiger partial charge is 0.491 e. The molecule has 0 fully saturated rings. The van der Waals surface area contributed by atoms with E-state index >= 15 is 0 Å². The molecule has 0 saturated carbocycles. The number of ether oxygens (including phenoxy) is 1. The van der Waals surface area contributed by atoms with Crippen molar-refractivity contribution in [3.8, 4) is 5.75 Å². The highest BCUT2D eigenvalue weighted by Crippen LogP contribution is 2.22. The zero-order valence-corrected chi connectivity index (χ0v) is 12.2. The number of hydrogen-bond donors (Lipinski definition) is 1. The molecule has 1 atom stereocenters. The van der Waals surface area contributed by atoms with Gasteiger partial charge in [0, 0.05) is 6.20 Å². The van der Waals surface area contributed by atoms with Crippen molar-refractivity contribution in [2.75, 3.05) is 6.54 Å². The molecule has 0 aliphatic carbocycles. The molecular formula is C16H21N3O. The fourth-order valence-electron chi connectivity index (χ4n) is 2.08. The third-order valence-corrected chi connectivity index (χ3v) is 2.89. The molecule has 4 nitrogen and oxygen atoms in total. The van der Waals surface area contributed by atoms with Crippen LogP contribution in [-0.2, 0) is 0 Å². The van der Waals surface area contributed by atoms with Crippen LogP contribution in [0.1, 0.15) is 38.1 Å². The first kappa shape index (κ1) is 14.5. The van der Waals surface area contributed by atoms with E-state index in [1.807, 2.05) is 32.0 Å². The van der Waals surface area contributed by atoms with Crippen molar-refractivity contribution >= 4 is 0 Å². The lowest BCUT2D eigenvalue weighted by Gasteiger charge is -2.18. The quantitative estimate of drug-likeness (QED) is 0.877. The highest BCUT2D eigenvalue weighted by Gasteiger charge is 2.14. The molecule has 0 amide bonds. The van der Waals surface area contributed by atoms with Gasteiger partial charge in [0.05, 0.1) is 17.8 Å². The number of aromatic nitrogens is 2. The number of benzene rings is 1. The monoisotopic (exact) mass is 271 g/mol. The average Bonchev–Trinajstić information content (AvgIpc) is 2.46. The van der Waals surface area contributed by atoms with Crippen LogP contribution in [0.3, 0.4) is 0 Å². The second-order valence-corrected chi connectivity index (χ2v) is 4.86. The third kappa shape index (κ3) is 3.78. The zero-order chi connectivity index (χ0) is 14.4. The summed E-state index contributed by atoms with van der Waals surface area (Å²) in [5.74, 6) is 0.890. The molecule has 0 aliphatic rings. The Morgan fingerprint density at radius 2 is 1.90 bits per heavy atom. The lowest BCUT2D eigenvalue weighted by molar-refractivity contribution is 0.242. The second kappa shape index (κ2) is 7.01. The predicted molar refractivity (Wildman–Crippen MR) is 79.8 cm³/mol. The molecule has 1 heterocycles. The maximum atomic E-state index is 5.67. The Morgan fingerprint density at radius 3 is 2.45 bits per heavy atom. The molecule has 1 aromatic carbocycles. The van der Waals surface area contributed by atoms with Gasteiger partial charge in [-0.05, 0) is 44.2 Å². The summed E-state index contributed by atoms with van der Waals surface area (Å²) >= 11 is 0. The van der Waals surface area contributed by atoms with Crippen molar-refractivity contribution in [1.29, 1.82) is 0 Å². The van der Waals surface area contributed by atoms with Crippen LogP contribution in [0.15, 0.2) is 42.9 Å². The molecule has 0 radical (unpaired) electrons. The van der Waals surface area contributed by atoms with E-state index in [9.17, 15) is 0 Å². The molecule has 106 valence electrons. The van der Waals surface area contributed by atoms with E-state index in [1.165, 1.54) is 5.56 Å². The van der Waals surface area contributed by atoms with Crippen molar-refractivity contribution in [2.24, 2.45) is 0 Å². The molecule has 1 unspecified atom stereocenters. The Balaban J connectivity index is 2.21. The molecule has 2 aromatic rings. The van der Waals surface area contributed by atoms with Crippen LogP contribution in [-0.4, -0.2) is 22.6 Å². The minimum atomic E-state index is 0.0797. The van der Waals surface area contributed by atoms with Gasteiger partial charge in [-0.2, -0.15) is 0 Å². The fourth-order valence-corrected chi connectivity index (χ4v) is 2.08. The summed E-state index contributed by atoms with van der Waals surface area (Å²) in [6, 6.07) is 10.2. The van der Waals surface area contributed by atoms with Crippen molar-refractivity contribution in [3.05, 3.63) is 54.1 Å². The van der Waals surface area contributed by atoms with Crippen molar-refractivity contribution in [1.82, 2.24) is 15.3 Å². The first-order valence-corrected chi connectivity index (χ1v) is 6.96. The van der Waals surface area contributed by atoms with Crippen LogP contribution in [0, 0.1) is 0 Å². The Bertz CT molecular complexity index is 511. The number of hydrogen-bond acceptors (Lipinski definition) is 4. The van der Waals surface area contributed by atoms with Crippen LogP contribution in [0.5, 0.6) is 5.75 Å². The summed E-state index contributed by atoms with van der Waals surface area (Å²) in [4.78, 5) is 8.31. The van der Waals surface area contributed by atoms with Crippen LogP contribution in [0.2, 0.25) is 0 Å². The molecule has 1 N–H and O–H groups in total. The predicted octanol–water partition coefficient (Wildman–Crippen LogP) is 2.96. The number of nitrogens with one attached hydrogen (secondary N) is 1. The van der Waals surface area contributed by atoms with Gasteiger partial charge in [-0.15, -0.1) is 0 Å². The summed E-state index contributed by atoms with van der Waals surface area (Å²) in [5.41, 5.74) is 2.14. The van der Waals surface area contributed by atoms with Gasteiger partial charge in [0.1, 0.15) is 12.1 Å². The SMILES string of the molecule is CCNC(c1ccc(OC(C)C)cc1)c1ccncn1. The first-order chi connectivity index (χ1) is 9.70. The van der Waals surface area contributed by atoms with Gasteiger partial charge < -0.3 is 10.1 Å². The lowest BCUT2D eigenvalue weighted by Crippen LogP contribution is -2.23. The summed E-state index contributed by atoms with van der Waals surface area (Å²) < 4.78 is 5.67. The van der Waals surface area contributed by atoms with Crippen LogP contribution in [0.25, 0.3) is 0 Å². The molecule has 0 aliphatic heterocycles. The highest BCUT2D eigenvalue weighted by molar-refractivity contribution is 5.33. The fraction of sp³-hybridized carbons (Fsp3) is 0.375. The average molecular weight is 271 g/mol. The van der Waals surface area contributed by atoms with Gasteiger partial charge in [-0.1, -0.05) is 19.1 Å². The Kier molecular flexibility index (Phi) is 5.07. The maximum Gasteiger partial charge on any atom is 0.119 e. The summed E-state index contributed by atoms with van der Waals surface area (Å²) in [6.45, 7) is 7.01. The van der Waals surface area contributed by atoms with Crippen LogP contribution in [0.4, 0.5) is 0 Å². The summed E-state index contributed by atoms with van der Waals surface area (Å²) in [6.07, 6.45) is 3.53. The smallest absolute Gasteiger partial charge is 0.119 e. The summed E-state index contributed by atoms with van der Waals surface area (Å²) in [5, 5.41) is 3.44. The maximum absolute atomic E-state index is 5.67. The molecule has 4 heteroatoms. The molecule has 0 saturated heterocycles. The van der Waals surface area contributed by atoms with Gasteiger partial charge in [-0.25, -0.2) is 9.97 Å². The Hall–Kier alpha value is -1.94. The molecular weight excluding hydrogens is 250 g/mol. The second-order valence-electron chi connectivity index (χ2n) is 4.86. The highest BCUT2D eigenvalue weighted by atomic mass is 16.5. The van der Waals surface area contributed by atoms with E-state index < -0.39 is 0 Å². The standard InChI is InChI=1S/C16H21N3O/c1-4-18-16(15-9-10-17-11-19-15)13-5-7-14(8-6-13)20-12(2)3/h5-12,16,18H,4H2,1-3H3.